The minimum atomic E-state index is -1.18. The molecule has 0 aliphatic heterocycles. The van der Waals surface area contributed by atoms with Crippen LogP contribution in [0.15, 0.2) is 11.8 Å². The second kappa shape index (κ2) is 10.6. The Kier molecular flexibility index (Phi) is 9.65. The number of carbonyl (C=O) groups excluding carboxylic acids is 2. The molecule has 8 nitrogen and oxygen atoms in total. The van der Waals surface area contributed by atoms with Crippen LogP contribution in [0.2, 0.25) is 0 Å². The van der Waals surface area contributed by atoms with Crippen molar-refractivity contribution in [1.29, 1.82) is 5.26 Å². The topological polar surface area (TPSA) is 137 Å². The molecule has 22 heavy (non-hydrogen) atoms. The lowest BCUT2D eigenvalue weighted by molar-refractivity contribution is -0.141. The van der Waals surface area contributed by atoms with E-state index >= 15 is 0 Å². The summed E-state index contributed by atoms with van der Waals surface area (Å²) < 4.78 is 0. The van der Waals surface area contributed by atoms with Crippen LogP contribution in [0.5, 0.6) is 0 Å². The summed E-state index contributed by atoms with van der Waals surface area (Å²) in [6.45, 7) is 1.60. The average molecular weight is 328 g/mol. The Bertz CT molecular complexity index is 487. The molecular formula is C13H20N4O4S. The van der Waals surface area contributed by atoms with Crippen LogP contribution in [0.1, 0.15) is 13.3 Å². The van der Waals surface area contributed by atoms with Crippen LogP contribution >= 0.6 is 11.8 Å². The Morgan fingerprint density at radius 2 is 2.14 bits per heavy atom. The Morgan fingerprint density at radius 3 is 2.55 bits per heavy atom. The molecule has 0 aromatic carbocycles. The van der Waals surface area contributed by atoms with Crippen molar-refractivity contribution >= 4 is 29.5 Å². The van der Waals surface area contributed by atoms with Crippen molar-refractivity contribution in [1.82, 2.24) is 10.2 Å². The predicted octanol–water partition coefficient (Wildman–Crippen LogP) is -0.476. The van der Waals surface area contributed by atoms with Gasteiger partial charge >= 0.3 is 5.97 Å². The quantitative estimate of drug-likeness (QED) is 0.384. The van der Waals surface area contributed by atoms with Gasteiger partial charge in [-0.2, -0.15) is 17.0 Å². The zero-order chi connectivity index (χ0) is 17.1. The molecule has 0 heterocycles. The molecule has 1 unspecified atom stereocenters. The number of thioether (sulfide) groups is 1. The number of carboxylic acids is 1. The van der Waals surface area contributed by atoms with Gasteiger partial charge in [-0.25, -0.2) is 4.79 Å². The predicted molar refractivity (Wildman–Crippen MR) is 82.7 cm³/mol. The fraction of sp³-hybridized carbons (Fsp3) is 0.538. The third-order valence-corrected chi connectivity index (χ3v) is 3.28. The van der Waals surface area contributed by atoms with E-state index in [4.69, 9.17) is 16.1 Å². The highest BCUT2D eigenvalue weighted by Crippen LogP contribution is 2.04. The fourth-order valence-corrected chi connectivity index (χ4v) is 1.95. The van der Waals surface area contributed by atoms with E-state index in [0.717, 1.165) is 11.1 Å². The molecule has 0 aromatic heterocycles. The van der Waals surface area contributed by atoms with Crippen LogP contribution in [0.3, 0.4) is 0 Å². The third kappa shape index (κ3) is 7.10. The van der Waals surface area contributed by atoms with Crippen LogP contribution < -0.4 is 11.1 Å². The third-order valence-electron chi connectivity index (χ3n) is 2.64. The number of hydrogen-bond donors (Lipinski definition) is 3. The molecule has 0 radical (unpaired) electrons. The summed E-state index contributed by atoms with van der Waals surface area (Å²) in [5, 5.41) is 20.4. The highest BCUT2D eigenvalue weighted by Gasteiger charge is 2.22. The average Bonchev–Trinajstić information content (AvgIpc) is 2.46. The Hall–Kier alpha value is -2.05. The van der Waals surface area contributed by atoms with Crippen molar-refractivity contribution in [3.63, 3.8) is 0 Å². The van der Waals surface area contributed by atoms with Crippen molar-refractivity contribution in [2.45, 2.75) is 19.4 Å². The summed E-state index contributed by atoms with van der Waals surface area (Å²) in [5.41, 5.74) is 5.00. The lowest BCUT2D eigenvalue weighted by atomic mass is 10.2. The first-order chi connectivity index (χ1) is 10.4. The summed E-state index contributed by atoms with van der Waals surface area (Å²) in [5.74, 6) is -1.83. The number of carboxylic acid groups (broad SMARTS) is 1. The van der Waals surface area contributed by atoms with E-state index in [9.17, 15) is 14.4 Å². The zero-order valence-corrected chi connectivity index (χ0v) is 13.4. The van der Waals surface area contributed by atoms with E-state index in [-0.39, 0.29) is 31.0 Å². The van der Waals surface area contributed by atoms with Crippen LogP contribution in [-0.4, -0.2) is 58.9 Å². The maximum absolute atomic E-state index is 12.0. The molecular weight excluding hydrogens is 308 g/mol. The zero-order valence-electron chi connectivity index (χ0n) is 12.5. The summed E-state index contributed by atoms with van der Waals surface area (Å²) in [4.78, 5) is 35.6. The Morgan fingerprint density at radius 1 is 1.50 bits per heavy atom. The summed E-state index contributed by atoms with van der Waals surface area (Å²) >= 11 is 1.45. The van der Waals surface area contributed by atoms with Gasteiger partial charge < -0.3 is 21.1 Å². The van der Waals surface area contributed by atoms with E-state index in [2.05, 4.69) is 5.32 Å². The second-order valence-electron chi connectivity index (χ2n) is 4.30. The van der Waals surface area contributed by atoms with Gasteiger partial charge in [-0.05, 0) is 18.4 Å². The molecule has 4 N–H and O–H groups in total. The minimum Gasteiger partial charge on any atom is -0.480 e. The molecule has 2 amide bonds. The highest BCUT2D eigenvalue weighted by atomic mass is 32.2. The summed E-state index contributed by atoms with van der Waals surface area (Å²) in [6.07, 6.45) is 3.14. The number of nitrogens with two attached hydrogens (primary N) is 1. The van der Waals surface area contributed by atoms with Crippen LogP contribution in [0, 0.1) is 11.3 Å². The van der Waals surface area contributed by atoms with E-state index in [0.29, 0.717) is 5.75 Å². The minimum absolute atomic E-state index is 0.155. The van der Waals surface area contributed by atoms with Gasteiger partial charge in [0.05, 0.1) is 0 Å². The van der Waals surface area contributed by atoms with E-state index < -0.39 is 17.9 Å². The van der Waals surface area contributed by atoms with Gasteiger partial charge in [0, 0.05) is 26.2 Å². The molecule has 0 aromatic rings. The molecule has 0 aliphatic carbocycles. The largest absolute Gasteiger partial charge is 0.480 e. The Balaban J connectivity index is 5.06. The van der Waals surface area contributed by atoms with E-state index in [1.807, 2.05) is 6.26 Å². The van der Waals surface area contributed by atoms with Crippen molar-refractivity contribution in [2.75, 3.05) is 25.1 Å². The van der Waals surface area contributed by atoms with Crippen LogP contribution in [0.25, 0.3) is 0 Å². The molecule has 122 valence electrons. The lowest BCUT2D eigenvalue weighted by Gasteiger charge is -2.17. The van der Waals surface area contributed by atoms with Crippen molar-refractivity contribution in [2.24, 2.45) is 5.73 Å². The second-order valence-corrected chi connectivity index (χ2v) is 5.29. The van der Waals surface area contributed by atoms with Gasteiger partial charge in [0.1, 0.15) is 17.7 Å². The molecule has 0 saturated carbocycles. The number of aliphatic carboxylic acids is 1. The van der Waals surface area contributed by atoms with Gasteiger partial charge in [-0.1, -0.05) is 0 Å². The van der Waals surface area contributed by atoms with Crippen LogP contribution in [0.4, 0.5) is 0 Å². The van der Waals surface area contributed by atoms with Crippen molar-refractivity contribution < 1.29 is 19.5 Å². The van der Waals surface area contributed by atoms with Gasteiger partial charge in [-0.3, -0.25) is 9.59 Å². The van der Waals surface area contributed by atoms with Crippen LogP contribution in [-0.2, 0) is 14.4 Å². The molecule has 0 saturated heterocycles. The monoisotopic (exact) mass is 328 g/mol. The SMILES string of the molecule is CSCCC(NC(=O)/C(C#N)=C\N(CCN)C(C)=O)C(=O)O. The van der Waals surface area contributed by atoms with Crippen molar-refractivity contribution in [3.8, 4) is 6.07 Å². The van der Waals surface area contributed by atoms with Gasteiger partial charge in [0.15, 0.2) is 0 Å². The fourth-order valence-electron chi connectivity index (χ4n) is 1.48. The number of carbonyl (C=O) groups is 3. The van der Waals surface area contributed by atoms with E-state index in [1.165, 1.54) is 18.7 Å². The number of nitriles is 1. The summed E-state index contributed by atoms with van der Waals surface area (Å²) in [6, 6.07) is 0.576. The smallest absolute Gasteiger partial charge is 0.326 e. The van der Waals surface area contributed by atoms with Crippen molar-refractivity contribution in [3.05, 3.63) is 11.8 Å². The molecule has 0 rings (SSSR count). The molecule has 9 heteroatoms. The first kappa shape index (κ1) is 19.9. The van der Waals surface area contributed by atoms with Gasteiger partial charge in [-0.15, -0.1) is 0 Å². The molecule has 0 bridgehead atoms. The highest BCUT2D eigenvalue weighted by molar-refractivity contribution is 7.98. The Labute approximate surface area is 133 Å². The van der Waals surface area contributed by atoms with E-state index in [1.54, 1.807) is 6.07 Å². The first-order valence-corrected chi connectivity index (χ1v) is 7.88. The number of rotatable bonds is 9. The van der Waals surface area contributed by atoms with Gasteiger partial charge in [0.25, 0.3) is 5.91 Å². The lowest BCUT2D eigenvalue weighted by Crippen LogP contribution is -2.42. The normalized spacial score (nSPS) is 12.2. The van der Waals surface area contributed by atoms with Gasteiger partial charge in [0.2, 0.25) is 5.91 Å². The standard InChI is InChI=1S/C13H20N4O4S/c1-9(18)17(5-4-14)8-10(7-15)12(19)16-11(13(20)21)3-6-22-2/h8,11H,3-6,14H2,1-2H3,(H,16,19)(H,20,21)/b10-8-. The number of nitrogens with zero attached hydrogens (tertiary/aromatic N) is 2. The molecule has 0 fully saturated rings. The summed E-state index contributed by atoms with van der Waals surface area (Å²) in [7, 11) is 0. The number of nitrogens with one attached hydrogen (secondary N) is 1. The number of amides is 2. The first-order valence-electron chi connectivity index (χ1n) is 6.49. The maximum Gasteiger partial charge on any atom is 0.326 e. The molecule has 0 spiro atoms. The number of hydrogen-bond acceptors (Lipinski definition) is 6. The molecule has 1 atom stereocenters. The molecule has 0 aliphatic rings. The maximum atomic E-state index is 12.0.